The molecule has 1 unspecified atom stereocenters. The SMILES string of the molecule is Cc1nc2sc(C(=O)NCC3COc4ccccc4O3)c(C)c2c(=O)[nH]1. The van der Waals surface area contributed by atoms with Crippen molar-refractivity contribution < 1.29 is 14.3 Å². The molecule has 1 aliphatic heterocycles. The van der Waals surface area contributed by atoms with Gasteiger partial charge < -0.3 is 19.8 Å². The van der Waals surface area contributed by atoms with Gasteiger partial charge in [0.1, 0.15) is 23.4 Å². The van der Waals surface area contributed by atoms with Crippen LogP contribution in [0.5, 0.6) is 11.5 Å². The molecule has 1 amide bonds. The van der Waals surface area contributed by atoms with Gasteiger partial charge in [0.15, 0.2) is 11.5 Å². The minimum Gasteiger partial charge on any atom is -0.486 e. The number of hydrogen-bond donors (Lipinski definition) is 2. The number of para-hydroxylation sites is 2. The predicted octanol–water partition coefficient (Wildman–Crippen LogP) is 2.17. The average molecular weight is 371 g/mol. The molecule has 1 atom stereocenters. The van der Waals surface area contributed by atoms with E-state index in [4.69, 9.17) is 9.47 Å². The molecule has 4 rings (SSSR count). The van der Waals surface area contributed by atoms with E-state index in [2.05, 4.69) is 15.3 Å². The van der Waals surface area contributed by atoms with Crippen LogP contribution < -0.4 is 20.3 Å². The van der Waals surface area contributed by atoms with Crippen LogP contribution >= 0.6 is 11.3 Å². The highest BCUT2D eigenvalue weighted by atomic mass is 32.1. The number of rotatable bonds is 3. The monoisotopic (exact) mass is 371 g/mol. The van der Waals surface area contributed by atoms with Crippen molar-refractivity contribution in [3.8, 4) is 11.5 Å². The number of fused-ring (bicyclic) bond motifs is 2. The topological polar surface area (TPSA) is 93.3 Å². The van der Waals surface area contributed by atoms with Crippen molar-refractivity contribution in [2.45, 2.75) is 20.0 Å². The Bertz CT molecular complexity index is 1060. The van der Waals surface area contributed by atoms with Crippen LogP contribution in [-0.4, -0.2) is 35.1 Å². The number of nitrogens with zero attached hydrogens (tertiary/aromatic N) is 1. The summed E-state index contributed by atoms with van der Waals surface area (Å²) in [5.74, 6) is 1.66. The molecule has 0 bridgehead atoms. The van der Waals surface area contributed by atoms with E-state index in [1.807, 2.05) is 24.3 Å². The first-order valence-corrected chi connectivity index (χ1v) is 9.01. The lowest BCUT2D eigenvalue weighted by Gasteiger charge is -2.26. The van der Waals surface area contributed by atoms with Crippen LogP contribution in [0.2, 0.25) is 0 Å². The second-order valence-corrected chi connectivity index (χ2v) is 7.09. The summed E-state index contributed by atoms with van der Waals surface area (Å²) < 4.78 is 11.5. The van der Waals surface area contributed by atoms with Gasteiger partial charge in [0.25, 0.3) is 11.5 Å². The first-order valence-electron chi connectivity index (χ1n) is 8.19. The fraction of sp³-hybridized carbons (Fsp3) is 0.278. The summed E-state index contributed by atoms with van der Waals surface area (Å²) in [6.07, 6.45) is -0.271. The summed E-state index contributed by atoms with van der Waals surface area (Å²) >= 11 is 1.22. The van der Waals surface area contributed by atoms with Gasteiger partial charge in [-0.1, -0.05) is 12.1 Å². The highest BCUT2D eigenvalue weighted by Crippen LogP contribution is 2.31. The van der Waals surface area contributed by atoms with E-state index in [0.29, 0.717) is 51.1 Å². The summed E-state index contributed by atoms with van der Waals surface area (Å²) in [5, 5.41) is 3.33. The standard InChI is InChI=1S/C18H17N3O4S/c1-9-14-16(22)20-10(2)21-18(14)26-15(9)17(23)19-7-11-8-24-12-5-3-4-6-13(12)25-11/h3-6,11H,7-8H2,1-2H3,(H,19,23)(H,20,21,22). The molecule has 8 heteroatoms. The minimum atomic E-state index is -0.271. The number of nitrogens with one attached hydrogen (secondary N) is 2. The van der Waals surface area contributed by atoms with Crippen molar-refractivity contribution in [1.29, 1.82) is 0 Å². The maximum Gasteiger partial charge on any atom is 0.261 e. The van der Waals surface area contributed by atoms with E-state index in [9.17, 15) is 9.59 Å². The Hall–Kier alpha value is -2.87. The number of hydrogen-bond acceptors (Lipinski definition) is 6. The number of benzene rings is 1. The Labute approximate surface area is 153 Å². The predicted molar refractivity (Wildman–Crippen MR) is 98.4 cm³/mol. The molecular formula is C18H17N3O4S. The molecule has 134 valence electrons. The molecular weight excluding hydrogens is 354 g/mol. The van der Waals surface area contributed by atoms with Gasteiger partial charge >= 0.3 is 0 Å². The number of thiophene rings is 1. The van der Waals surface area contributed by atoms with Crippen LogP contribution in [0, 0.1) is 13.8 Å². The number of carbonyl (C=O) groups is 1. The van der Waals surface area contributed by atoms with Gasteiger partial charge in [-0.3, -0.25) is 9.59 Å². The Balaban J connectivity index is 1.49. The Kier molecular flexibility index (Phi) is 4.12. The molecule has 0 aliphatic carbocycles. The summed E-state index contributed by atoms with van der Waals surface area (Å²) in [7, 11) is 0. The van der Waals surface area contributed by atoms with Crippen LogP contribution in [0.3, 0.4) is 0 Å². The molecule has 0 radical (unpaired) electrons. The lowest BCUT2D eigenvalue weighted by atomic mass is 10.2. The normalized spacial score (nSPS) is 15.8. The highest BCUT2D eigenvalue weighted by Gasteiger charge is 2.23. The number of aromatic nitrogens is 2. The van der Waals surface area contributed by atoms with Crippen molar-refractivity contribution in [2.24, 2.45) is 0 Å². The van der Waals surface area contributed by atoms with Gasteiger partial charge in [0, 0.05) is 0 Å². The number of carbonyl (C=O) groups excluding carboxylic acids is 1. The number of aryl methyl sites for hydroxylation is 2. The van der Waals surface area contributed by atoms with Gasteiger partial charge in [0.2, 0.25) is 0 Å². The summed E-state index contributed by atoms with van der Waals surface area (Å²) in [6, 6.07) is 7.43. The Morgan fingerprint density at radius 2 is 2.12 bits per heavy atom. The first kappa shape index (κ1) is 16.6. The molecule has 1 aromatic carbocycles. The van der Waals surface area contributed by atoms with E-state index >= 15 is 0 Å². The molecule has 0 saturated carbocycles. The highest BCUT2D eigenvalue weighted by molar-refractivity contribution is 7.20. The van der Waals surface area contributed by atoms with Gasteiger partial charge in [-0.2, -0.15) is 0 Å². The smallest absolute Gasteiger partial charge is 0.261 e. The first-order chi connectivity index (χ1) is 12.5. The maximum atomic E-state index is 12.6. The zero-order valence-electron chi connectivity index (χ0n) is 14.3. The summed E-state index contributed by atoms with van der Waals surface area (Å²) in [4.78, 5) is 32.7. The van der Waals surface area contributed by atoms with Crippen LogP contribution in [0.15, 0.2) is 29.1 Å². The average Bonchev–Trinajstić information content (AvgIpc) is 2.96. The molecule has 1 aliphatic rings. The number of aromatic amines is 1. The number of ether oxygens (including phenoxy) is 2. The molecule has 0 spiro atoms. The lowest BCUT2D eigenvalue weighted by molar-refractivity contribution is 0.0791. The Morgan fingerprint density at radius 1 is 1.35 bits per heavy atom. The van der Waals surface area contributed by atoms with E-state index in [1.165, 1.54) is 11.3 Å². The molecule has 2 N–H and O–H groups in total. The van der Waals surface area contributed by atoms with E-state index in [0.717, 1.165) is 0 Å². The molecule has 2 aromatic heterocycles. The van der Waals surface area contributed by atoms with Crippen molar-refractivity contribution in [1.82, 2.24) is 15.3 Å². The molecule has 0 saturated heterocycles. The third-order valence-electron chi connectivity index (χ3n) is 4.18. The van der Waals surface area contributed by atoms with Crippen LogP contribution in [0.1, 0.15) is 21.1 Å². The molecule has 26 heavy (non-hydrogen) atoms. The second-order valence-electron chi connectivity index (χ2n) is 6.10. The fourth-order valence-electron chi connectivity index (χ4n) is 2.92. The van der Waals surface area contributed by atoms with Gasteiger partial charge in [-0.05, 0) is 31.5 Å². The van der Waals surface area contributed by atoms with Gasteiger partial charge in [-0.15, -0.1) is 11.3 Å². The molecule has 3 aromatic rings. The summed E-state index contributed by atoms with van der Waals surface area (Å²) in [5.41, 5.74) is 0.420. The Morgan fingerprint density at radius 3 is 2.92 bits per heavy atom. The second kappa shape index (κ2) is 6.45. The van der Waals surface area contributed by atoms with Crippen LogP contribution in [0.25, 0.3) is 10.2 Å². The molecule has 0 fully saturated rings. The van der Waals surface area contributed by atoms with Crippen LogP contribution in [-0.2, 0) is 0 Å². The van der Waals surface area contributed by atoms with E-state index in [1.54, 1.807) is 13.8 Å². The number of H-pyrrole nitrogens is 1. The zero-order valence-corrected chi connectivity index (χ0v) is 15.1. The lowest BCUT2D eigenvalue weighted by Crippen LogP contribution is -2.40. The minimum absolute atomic E-state index is 0.221. The van der Waals surface area contributed by atoms with Gasteiger partial charge in [0.05, 0.1) is 16.8 Å². The third-order valence-corrected chi connectivity index (χ3v) is 5.37. The van der Waals surface area contributed by atoms with Crippen molar-refractivity contribution in [2.75, 3.05) is 13.2 Å². The van der Waals surface area contributed by atoms with Crippen molar-refractivity contribution in [3.63, 3.8) is 0 Å². The maximum absolute atomic E-state index is 12.6. The van der Waals surface area contributed by atoms with E-state index < -0.39 is 0 Å². The molecule has 7 nitrogen and oxygen atoms in total. The number of amides is 1. The van der Waals surface area contributed by atoms with Crippen molar-refractivity contribution in [3.05, 3.63) is 50.9 Å². The summed E-state index contributed by atoms with van der Waals surface area (Å²) in [6.45, 7) is 4.15. The van der Waals surface area contributed by atoms with Crippen LogP contribution in [0.4, 0.5) is 0 Å². The largest absolute Gasteiger partial charge is 0.486 e. The molecule has 3 heterocycles. The van der Waals surface area contributed by atoms with E-state index in [-0.39, 0.29) is 17.6 Å². The quantitative estimate of drug-likeness (QED) is 0.736. The third kappa shape index (κ3) is 2.92. The zero-order chi connectivity index (χ0) is 18.3. The fourth-order valence-corrected chi connectivity index (χ4v) is 4.06. The van der Waals surface area contributed by atoms with Crippen molar-refractivity contribution >= 4 is 27.5 Å². The van der Waals surface area contributed by atoms with Gasteiger partial charge in [-0.25, -0.2) is 4.98 Å².